The molecule has 0 heterocycles. The predicted molar refractivity (Wildman–Crippen MR) is 91.4 cm³/mol. The van der Waals surface area contributed by atoms with Crippen LogP contribution in [0.2, 0.25) is 15.1 Å². The van der Waals surface area contributed by atoms with Crippen LogP contribution in [-0.2, 0) is 11.9 Å². The van der Waals surface area contributed by atoms with Crippen LogP contribution >= 0.6 is 50.7 Å². The minimum absolute atomic E-state index is 0.320. The zero-order chi connectivity index (χ0) is 15.4. The first kappa shape index (κ1) is 16.8. The molecule has 2 aromatic carbocycles. The first-order chi connectivity index (χ1) is 10.0. The van der Waals surface area contributed by atoms with E-state index in [1.165, 1.54) is 0 Å². The third-order valence-corrected chi connectivity index (χ3v) is 4.48. The van der Waals surface area contributed by atoms with Gasteiger partial charge >= 0.3 is 0 Å². The fourth-order valence-electron chi connectivity index (χ4n) is 1.78. The molecule has 0 saturated carbocycles. The van der Waals surface area contributed by atoms with E-state index in [0.29, 0.717) is 38.5 Å². The van der Waals surface area contributed by atoms with Crippen molar-refractivity contribution in [2.75, 3.05) is 7.11 Å². The second-order valence-electron chi connectivity index (χ2n) is 4.28. The van der Waals surface area contributed by atoms with Gasteiger partial charge in [0.25, 0.3) is 0 Å². The molecule has 21 heavy (non-hydrogen) atoms. The Bertz CT molecular complexity index is 647. The van der Waals surface area contributed by atoms with Crippen LogP contribution in [0, 0.1) is 0 Å². The fraction of sp³-hybridized carbons (Fsp3) is 0.200. The highest BCUT2D eigenvalue weighted by atomic mass is 79.9. The smallest absolute Gasteiger partial charge is 0.180 e. The van der Waals surface area contributed by atoms with Crippen LogP contribution in [0.5, 0.6) is 11.5 Å². The Balaban J connectivity index is 2.21. The summed E-state index contributed by atoms with van der Waals surface area (Å²) in [5.74, 6) is 1.10. The molecular formula is C15H12BrCl3O2. The molecule has 112 valence electrons. The van der Waals surface area contributed by atoms with Gasteiger partial charge in [0.2, 0.25) is 0 Å². The number of benzene rings is 2. The van der Waals surface area contributed by atoms with E-state index < -0.39 is 0 Å². The number of methoxy groups -OCH3 is 1. The number of alkyl halides is 1. The lowest BCUT2D eigenvalue weighted by Crippen LogP contribution is -1.99. The summed E-state index contributed by atoms with van der Waals surface area (Å²) in [6.07, 6.45) is 0. The van der Waals surface area contributed by atoms with Crippen molar-refractivity contribution in [2.45, 2.75) is 11.9 Å². The Morgan fingerprint density at radius 3 is 2.29 bits per heavy atom. The number of rotatable bonds is 5. The molecule has 0 spiro atoms. The maximum absolute atomic E-state index is 6.24. The Kier molecular flexibility index (Phi) is 6.06. The SMILES string of the molecule is COc1cc(CBr)cc(Cl)c1OCc1ccc(Cl)c(Cl)c1. The van der Waals surface area contributed by atoms with Crippen LogP contribution < -0.4 is 9.47 Å². The monoisotopic (exact) mass is 408 g/mol. The summed E-state index contributed by atoms with van der Waals surface area (Å²) in [5.41, 5.74) is 1.91. The van der Waals surface area contributed by atoms with Crippen LogP contribution in [-0.4, -0.2) is 7.11 Å². The molecule has 0 N–H and O–H groups in total. The molecule has 0 fully saturated rings. The highest BCUT2D eigenvalue weighted by Gasteiger charge is 2.12. The Hall–Kier alpha value is -0.610. The zero-order valence-corrected chi connectivity index (χ0v) is 15.0. The number of hydrogen-bond donors (Lipinski definition) is 0. The van der Waals surface area contributed by atoms with Crippen molar-refractivity contribution in [1.82, 2.24) is 0 Å². The molecule has 2 aromatic rings. The molecule has 0 atom stereocenters. The van der Waals surface area contributed by atoms with Gasteiger partial charge in [-0.25, -0.2) is 0 Å². The van der Waals surface area contributed by atoms with Gasteiger partial charge in [0.1, 0.15) is 6.61 Å². The van der Waals surface area contributed by atoms with E-state index >= 15 is 0 Å². The van der Waals surface area contributed by atoms with Gasteiger partial charge in [0.15, 0.2) is 11.5 Å². The molecule has 2 rings (SSSR count). The lowest BCUT2D eigenvalue weighted by molar-refractivity contribution is 0.284. The van der Waals surface area contributed by atoms with Gasteiger partial charge in [-0.15, -0.1) is 0 Å². The average molecular weight is 411 g/mol. The Morgan fingerprint density at radius 1 is 0.952 bits per heavy atom. The van der Waals surface area contributed by atoms with Crippen molar-refractivity contribution in [2.24, 2.45) is 0 Å². The molecule has 0 aromatic heterocycles. The normalized spacial score (nSPS) is 10.5. The fourth-order valence-corrected chi connectivity index (χ4v) is 2.71. The van der Waals surface area contributed by atoms with Crippen molar-refractivity contribution in [1.29, 1.82) is 0 Å². The maximum atomic E-state index is 6.24. The van der Waals surface area contributed by atoms with Crippen LogP contribution in [0.1, 0.15) is 11.1 Å². The summed E-state index contributed by atoms with van der Waals surface area (Å²) in [7, 11) is 1.58. The van der Waals surface area contributed by atoms with E-state index in [2.05, 4.69) is 15.9 Å². The lowest BCUT2D eigenvalue weighted by Gasteiger charge is -2.14. The minimum Gasteiger partial charge on any atom is -0.493 e. The summed E-state index contributed by atoms with van der Waals surface area (Å²) < 4.78 is 11.1. The summed E-state index contributed by atoms with van der Waals surface area (Å²) in [6, 6.07) is 9.06. The summed E-state index contributed by atoms with van der Waals surface area (Å²) in [6.45, 7) is 0.320. The molecule has 0 unspecified atom stereocenters. The number of halogens is 4. The van der Waals surface area contributed by atoms with Gasteiger partial charge in [-0.05, 0) is 35.4 Å². The van der Waals surface area contributed by atoms with Crippen molar-refractivity contribution in [3.8, 4) is 11.5 Å². The van der Waals surface area contributed by atoms with Gasteiger partial charge < -0.3 is 9.47 Å². The quantitative estimate of drug-likeness (QED) is 0.552. The maximum Gasteiger partial charge on any atom is 0.180 e. The van der Waals surface area contributed by atoms with Crippen LogP contribution in [0.4, 0.5) is 0 Å². The van der Waals surface area contributed by atoms with Crippen LogP contribution in [0.3, 0.4) is 0 Å². The first-order valence-corrected chi connectivity index (χ1v) is 8.29. The van der Waals surface area contributed by atoms with E-state index in [-0.39, 0.29) is 0 Å². The van der Waals surface area contributed by atoms with Gasteiger partial charge in [0, 0.05) is 5.33 Å². The third-order valence-electron chi connectivity index (χ3n) is 2.81. The largest absolute Gasteiger partial charge is 0.493 e. The average Bonchev–Trinajstić information content (AvgIpc) is 2.48. The second kappa shape index (κ2) is 7.59. The van der Waals surface area contributed by atoms with Crippen molar-refractivity contribution in [3.63, 3.8) is 0 Å². The third kappa shape index (κ3) is 4.19. The topological polar surface area (TPSA) is 18.5 Å². The highest BCUT2D eigenvalue weighted by molar-refractivity contribution is 9.08. The Labute approximate surface area is 147 Å². The van der Waals surface area contributed by atoms with Gasteiger partial charge in [-0.1, -0.05) is 56.8 Å². The minimum atomic E-state index is 0.320. The van der Waals surface area contributed by atoms with Gasteiger partial charge in [-0.3, -0.25) is 0 Å². The molecule has 0 aliphatic rings. The van der Waals surface area contributed by atoms with Crippen molar-refractivity contribution in [3.05, 3.63) is 56.5 Å². The summed E-state index contributed by atoms with van der Waals surface area (Å²) >= 11 is 21.5. The van der Waals surface area contributed by atoms with E-state index in [9.17, 15) is 0 Å². The molecule has 0 saturated heterocycles. The van der Waals surface area contributed by atoms with E-state index in [1.807, 2.05) is 18.2 Å². The van der Waals surface area contributed by atoms with E-state index in [1.54, 1.807) is 19.2 Å². The van der Waals surface area contributed by atoms with E-state index in [4.69, 9.17) is 44.3 Å². The molecule has 0 radical (unpaired) electrons. The molecule has 6 heteroatoms. The van der Waals surface area contributed by atoms with Crippen LogP contribution in [0.25, 0.3) is 0 Å². The second-order valence-corrected chi connectivity index (χ2v) is 6.06. The molecule has 2 nitrogen and oxygen atoms in total. The standard InChI is InChI=1S/C15H12BrCl3O2/c1-20-14-6-10(7-16)5-13(19)15(14)21-8-9-2-3-11(17)12(18)4-9/h2-6H,7-8H2,1H3. The van der Waals surface area contributed by atoms with Crippen LogP contribution in [0.15, 0.2) is 30.3 Å². The molecule has 0 aliphatic heterocycles. The molecule has 0 amide bonds. The number of ether oxygens (including phenoxy) is 2. The number of hydrogen-bond acceptors (Lipinski definition) is 2. The molecule has 0 bridgehead atoms. The van der Waals surface area contributed by atoms with Crippen molar-refractivity contribution >= 4 is 50.7 Å². The first-order valence-electron chi connectivity index (χ1n) is 6.04. The van der Waals surface area contributed by atoms with Gasteiger partial charge in [0.05, 0.1) is 22.2 Å². The van der Waals surface area contributed by atoms with Gasteiger partial charge in [-0.2, -0.15) is 0 Å². The highest BCUT2D eigenvalue weighted by Crippen LogP contribution is 2.37. The summed E-state index contributed by atoms with van der Waals surface area (Å²) in [5, 5.41) is 2.20. The predicted octanol–water partition coefficient (Wildman–Crippen LogP) is 6.13. The summed E-state index contributed by atoms with van der Waals surface area (Å²) in [4.78, 5) is 0. The zero-order valence-electron chi connectivity index (χ0n) is 11.1. The van der Waals surface area contributed by atoms with E-state index in [0.717, 1.165) is 11.1 Å². The van der Waals surface area contributed by atoms with Crippen molar-refractivity contribution < 1.29 is 9.47 Å². The lowest BCUT2D eigenvalue weighted by atomic mass is 10.2. The molecule has 0 aliphatic carbocycles. The molecular weight excluding hydrogens is 398 g/mol. The Morgan fingerprint density at radius 2 is 1.67 bits per heavy atom.